The predicted molar refractivity (Wildman–Crippen MR) is 139 cm³/mol. The summed E-state index contributed by atoms with van der Waals surface area (Å²) in [4.78, 5) is 17.5. The van der Waals surface area contributed by atoms with Crippen LogP contribution in [0.3, 0.4) is 0 Å². The maximum Gasteiger partial charge on any atom is 0.250 e. The molecule has 8 nitrogen and oxygen atoms in total. The Labute approximate surface area is 210 Å². The number of methoxy groups -OCH3 is 2. The first-order valence-electron chi connectivity index (χ1n) is 11.9. The van der Waals surface area contributed by atoms with Crippen LogP contribution < -0.4 is 20.1 Å². The molecule has 4 aromatic rings. The van der Waals surface area contributed by atoms with E-state index in [9.17, 15) is 4.79 Å². The van der Waals surface area contributed by atoms with Crippen molar-refractivity contribution < 1.29 is 14.3 Å². The highest BCUT2D eigenvalue weighted by atomic mass is 16.5. The van der Waals surface area contributed by atoms with Gasteiger partial charge in [0.1, 0.15) is 0 Å². The molecule has 2 atom stereocenters. The molecule has 0 bridgehead atoms. The average Bonchev–Trinajstić information content (AvgIpc) is 3.31. The molecule has 8 heteroatoms. The third-order valence-electron chi connectivity index (χ3n) is 6.42. The van der Waals surface area contributed by atoms with Gasteiger partial charge in [-0.2, -0.15) is 4.98 Å². The summed E-state index contributed by atoms with van der Waals surface area (Å²) in [5.74, 6) is 1.88. The minimum atomic E-state index is -0.212. The number of hydrogen-bond donors (Lipinski definition) is 2. The highest BCUT2D eigenvalue weighted by molar-refractivity contribution is 5.90. The van der Waals surface area contributed by atoms with Crippen LogP contribution in [-0.4, -0.2) is 34.9 Å². The molecule has 184 valence electrons. The smallest absolute Gasteiger partial charge is 0.250 e. The average molecular weight is 484 g/mol. The molecule has 2 heterocycles. The molecule has 0 unspecified atom stereocenters. The first-order chi connectivity index (χ1) is 17.5. The highest BCUT2D eigenvalue weighted by Gasteiger charge is 2.31. The second kappa shape index (κ2) is 10.1. The Balaban J connectivity index is 1.38. The molecule has 0 spiro atoms. The maximum absolute atomic E-state index is 12.8. The molecule has 0 fully saturated rings. The highest BCUT2D eigenvalue weighted by Crippen LogP contribution is 2.38. The van der Waals surface area contributed by atoms with E-state index in [0.717, 1.165) is 17.5 Å². The standard InChI is InChI=1S/C28H29N5O3/c1-18-9-12-20(13-10-18)22-17-23(21-7-5-4-6-8-21)33-28(29-22)31-27(32-33)30-26(34)16-19-11-14-24(35-2)25(15-19)36-3/h4-15,22-23H,16-17H2,1-3H3,(H2,29,30,31,32,34)/t22-,23+/m0/s1. The molecule has 3 aromatic carbocycles. The van der Waals surface area contributed by atoms with Crippen LogP contribution in [0.4, 0.5) is 11.9 Å². The van der Waals surface area contributed by atoms with Gasteiger partial charge < -0.3 is 14.8 Å². The van der Waals surface area contributed by atoms with E-state index in [4.69, 9.17) is 9.47 Å². The molecular formula is C28H29N5O3. The molecule has 1 aromatic heterocycles. The molecule has 1 aliphatic heterocycles. The van der Waals surface area contributed by atoms with Gasteiger partial charge in [-0.15, -0.1) is 5.10 Å². The van der Waals surface area contributed by atoms with E-state index in [1.165, 1.54) is 11.1 Å². The number of benzene rings is 3. The number of carbonyl (C=O) groups is 1. The normalized spacial score (nSPS) is 16.5. The number of carbonyl (C=O) groups excluding carboxylic acids is 1. The molecule has 0 aliphatic carbocycles. The van der Waals surface area contributed by atoms with Crippen LogP contribution in [0.1, 0.15) is 40.8 Å². The lowest BCUT2D eigenvalue weighted by Crippen LogP contribution is -2.28. The first kappa shape index (κ1) is 23.4. The fraction of sp³-hybridized carbons (Fsp3) is 0.250. The van der Waals surface area contributed by atoms with Gasteiger partial charge in [0, 0.05) is 0 Å². The molecule has 1 aliphatic rings. The van der Waals surface area contributed by atoms with Gasteiger partial charge in [-0.25, -0.2) is 4.68 Å². The lowest BCUT2D eigenvalue weighted by Gasteiger charge is -2.31. The van der Waals surface area contributed by atoms with Gasteiger partial charge >= 0.3 is 0 Å². The molecule has 0 saturated heterocycles. The van der Waals surface area contributed by atoms with Crippen molar-refractivity contribution in [2.45, 2.75) is 31.8 Å². The number of ether oxygens (including phenoxy) is 2. The number of amides is 1. The van der Waals surface area contributed by atoms with Gasteiger partial charge in [0.15, 0.2) is 11.5 Å². The minimum absolute atomic E-state index is 0.0160. The molecule has 2 N–H and O–H groups in total. The Morgan fingerprint density at radius 2 is 1.75 bits per heavy atom. The fourth-order valence-corrected chi connectivity index (χ4v) is 4.55. The maximum atomic E-state index is 12.8. The van der Waals surface area contributed by atoms with Gasteiger partial charge in [-0.3, -0.25) is 10.1 Å². The van der Waals surface area contributed by atoms with Crippen LogP contribution in [0.2, 0.25) is 0 Å². The summed E-state index contributed by atoms with van der Waals surface area (Å²) in [7, 11) is 3.15. The predicted octanol–water partition coefficient (Wildman–Crippen LogP) is 4.93. The van der Waals surface area contributed by atoms with Crippen LogP contribution in [0, 0.1) is 6.92 Å². The monoisotopic (exact) mass is 483 g/mol. The van der Waals surface area contributed by atoms with Crippen LogP contribution in [-0.2, 0) is 11.2 Å². The zero-order chi connectivity index (χ0) is 25.1. The number of aryl methyl sites for hydroxylation is 1. The molecular weight excluding hydrogens is 454 g/mol. The zero-order valence-electron chi connectivity index (χ0n) is 20.6. The molecule has 36 heavy (non-hydrogen) atoms. The number of aromatic nitrogens is 3. The van der Waals surface area contributed by atoms with Gasteiger partial charge in [0.05, 0.1) is 32.7 Å². The third-order valence-corrected chi connectivity index (χ3v) is 6.42. The molecule has 0 radical (unpaired) electrons. The topological polar surface area (TPSA) is 90.3 Å². The van der Waals surface area contributed by atoms with Crippen molar-refractivity contribution in [3.8, 4) is 11.5 Å². The number of nitrogens with zero attached hydrogens (tertiary/aromatic N) is 3. The summed E-state index contributed by atoms with van der Waals surface area (Å²) in [6.07, 6.45) is 0.966. The zero-order valence-corrected chi connectivity index (χ0v) is 20.6. The lowest BCUT2D eigenvalue weighted by molar-refractivity contribution is -0.115. The van der Waals surface area contributed by atoms with Gasteiger partial charge in [-0.05, 0) is 42.2 Å². The largest absolute Gasteiger partial charge is 0.493 e. The number of nitrogens with one attached hydrogen (secondary N) is 2. The molecule has 5 rings (SSSR count). The summed E-state index contributed by atoms with van der Waals surface area (Å²) < 4.78 is 12.5. The van der Waals surface area contributed by atoms with Gasteiger partial charge in [0.25, 0.3) is 5.95 Å². The van der Waals surface area contributed by atoms with E-state index in [2.05, 4.69) is 64.0 Å². The quantitative estimate of drug-likeness (QED) is 0.387. The minimum Gasteiger partial charge on any atom is -0.493 e. The second-order valence-corrected chi connectivity index (χ2v) is 8.89. The van der Waals surface area contributed by atoms with Crippen molar-refractivity contribution in [2.24, 2.45) is 0 Å². The summed E-state index contributed by atoms with van der Waals surface area (Å²) in [6.45, 7) is 2.08. The van der Waals surface area contributed by atoms with Crippen molar-refractivity contribution in [1.29, 1.82) is 0 Å². The summed E-state index contributed by atoms with van der Waals surface area (Å²) in [6, 6.07) is 24.3. The van der Waals surface area contributed by atoms with Crippen molar-refractivity contribution in [3.63, 3.8) is 0 Å². The van der Waals surface area contributed by atoms with E-state index in [1.807, 2.05) is 28.9 Å². The lowest BCUT2D eigenvalue weighted by atomic mass is 9.93. The number of anilines is 2. The van der Waals surface area contributed by atoms with E-state index in [-0.39, 0.29) is 30.4 Å². The van der Waals surface area contributed by atoms with Gasteiger partial charge in [-0.1, -0.05) is 66.2 Å². The van der Waals surface area contributed by atoms with Crippen LogP contribution >= 0.6 is 0 Å². The van der Waals surface area contributed by atoms with Crippen molar-refractivity contribution >= 4 is 17.8 Å². The Morgan fingerprint density at radius 1 is 1.00 bits per heavy atom. The number of hydrogen-bond acceptors (Lipinski definition) is 6. The van der Waals surface area contributed by atoms with E-state index in [1.54, 1.807) is 26.4 Å². The van der Waals surface area contributed by atoms with Crippen LogP contribution in [0.15, 0.2) is 72.8 Å². The summed E-state index contributed by atoms with van der Waals surface area (Å²) in [5.41, 5.74) is 4.35. The Morgan fingerprint density at radius 3 is 2.47 bits per heavy atom. The van der Waals surface area contributed by atoms with E-state index in [0.29, 0.717) is 17.4 Å². The SMILES string of the molecule is COc1ccc(CC(=O)Nc2nc3n(n2)[C@@H](c2ccccc2)C[C@@H](c2ccc(C)cc2)N3)cc1OC. The van der Waals surface area contributed by atoms with Crippen molar-refractivity contribution in [3.05, 3.63) is 95.1 Å². The van der Waals surface area contributed by atoms with Gasteiger partial charge in [0.2, 0.25) is 11.9 Å². The fourth-order valence-electron chi connectivity index (χ4n) is 4.55. The van der Waals surface area contributed by atoms with Crippen LogP contribution in [0.25, 0.3) is 0 Å². The number of fused-ring (bicyclic) bond motifs is 1. The second-order valence-electron chi connectivity index (χ2n) is 8.89. The Kier molecular flexibility index (Phi) is 6.58. The van der Waals surface area contributed by atoms with Crippen molar-refractivity contribution in [2.75, 3.05) is 24.9 Å². The Bertz CT molecular complexity index is 1350. The van der Waals surface area contributed by atoms with Crippen molar-refractivity contribution in [1.82, 2.24) is 14.8 Å². The summed E-state index contributed by atoms with van der Waals surface area (Å²) in [5, 5.41) is 11.0. The summed E-state index contributed by atoms with van der Waals surface area (Å²) >= 11 is 0. The molecule has 0 saturated carbocycles. The van der Waals surface area contributed by atoms with E-state index < -0.39 is 0 Å². The Hall–Kier alpha value is -4.33. The van der Waals surface area contributed by atoms with E-state index >= 15 is 0 Å². The number of rotatable bonds is 7. The molecule has 1 amide bonds. The third kappa shape index (κ3) is 4.88. The van der Waals surface area contributed by atoms with Crippen LogP contribution in [0.5, 0.6) is 11.5 Å². The first-order valence-corrected chi connectivity index (χ1v) is 11.9.